The number of unbranched alkanes of at least 4 members (excludes halogenated alkanes) is 1. The Bertz CT molecular complexity index is 513. The Kier molecular flexibility index (Phi) is 6.16. The van der Waals surface area contributed by atoms with E-state index in [1.165, 1.54) is 5.56 Å². The smallest absolute Gasteiger partial charge is 0.119 e. The van der Waals surface area contributed by atoms with Gasteiger partial charge in [0.05, 0.1) is 24.5 Å². The molecule has 0 amide bonds. The van der Waals surface area contributed by atoms with Crippen LogP contribution in [0.1, 0.15) is 44.0 Å². The minimum absolute atomic E-state index is 0.0633. The highest BCUT2D eigenvalue weighted by atomic mass is 16.5. The van der Waals surface area contributed by atoms with Crippen LogP contribution >= 0.6 is 0 Å². The van der Waals surface area contributed by atoms with E-state index < -0.39 is 0 Å². The number of nitrogens with one attached hydrogen (secondary N) is 1. The summed E-state index contributed by atoms with van der Waals surface area (Å²) in [7, 11) is 0. The van der Waals surface area contributed by atoms with Crippen molar-refractivity contribution >= 4 is 0 Å². The third kappa shape index (κ3) is 4.53. The van der Waals surface area contributed by atoms with Crippen molar-refractivity contribution in [2.45, 2.75) is 32.7 Å². The van der Waals surface area contributed by atoms with Crippen molar-refractivity contribution < 1.29 is 4.74 Å². The fraction of sp³-hybridized carbons (Fsp3) is 0.412. The van der Waals surface area contributed by atoms with Crippen molar-refractivity contribution in [1.29, 1.82) is 0 Å². The zero-order valence-corrected chi connectivity index (χ0v) is 12.7. The number of hydrogen-bond acceptors (Lipinski definition) is 4. The lowest BCUT2D eigenvalue weighted by atomic mass is 10.0. The number of benzene rings is 1. The lowest BCUT2D eigenvalue weighted by molar-refractivity contribution is 0.309. The summed E-state index contributed by atoms with van der Waals surface area (Å²) < 4.78 is 5.70. The monoisotopic (exact) mass is 285 g/mol. The Hall–Kier alpha value is -1.94. The molecule has 2 aromatic rings. The van der Waals surface area contributed by atoms with Crippen LogP contribution in [0.15, 0.2) is 42.9 Å². The summed E-state index contributed by atoms with van der Waals surface area (Å²) in [5.41, 5.74) is 2.10. The number of ether oxygens (including phenoxy) is 1. The second-order valence-corrected chi connectivity index (χ2v) is 4.89. The number of nitrogens with zero attached hydrogens (tertiary/aromatic N) is 2. The predicted molar refractivity (Wildman–Crippen MR) is 84.4 cm³/mol. The molecule has 0 radical (unpaired) electrons. The Morgan fingerprint density at radius 3 is 2.57 bits per heavy atom. The van der Waals surface area contributed by atoms with Crippen LogP contribution in [0.5, 0.6) is 5.75 Å². The van der Waals surface area contributed by atoms with Crippen molar-refractivity contribution in [1.82, 2.24) is 15.3 Å². The molecule has 0 saturated heterocycles. The Labute approximate surface area is 126 Å². The van der Waals surface area contributed by atoms with Gasteiger partial charge in [-0.05, 0) is 30.7 Å². The van der Waals surface area contributed by atoms with Crippen LogP contribution in [-0.2, 0) is 0 Å². The zero-order valence-electron chi connectivity index (χ0n) is 12.7. The fourth-order valence-electron chi connectivity index (χ4n) is 2.15. The maximum atomic E-state index is 5.70. The molecule has 0 spiro atoms. The normalized spacial score (nSPS) is 12.1. The second-order valence-electron chi connectivity index (χ2n) is 4.89. The molecule has 4 heteroatoms. The molecule has 1 atom stereocenters. The highest BCUT2D eigenvalue weighted by Gasteiger charge is 2.14. The summed E-state index contributed by atoms with van der Waals surface area (Å²) in [5, 5.41) is 3.44. The summed E-state index contributed by atoms with van der Waals surface area (Å²) in [6.45, 7) is 5.90. The highest BCUT2D eigenvalue weighted by molar-refractivity contribution is 5.32. The fourth-order valence-corrected chi connectivity index (χ4v) is 2.15. The quantitative estimate of drug-likeness (QED) is 0.756. The average Bonchev–Trinajstić information content (AvgIpc) is 2.54. The molecule has 2 rings (SSSR count). The Morgan fingerprint density at radius 1 is 1.14 bits per heavy atom. The van der Waals surface area contributed by atoms with Gasteiger partial charge < -0.3 is 10.1 Å². The van der Waals surface area contributed by atoms with E-state index in [-0.39, 0.29) is 6.04 Å². The lowest BCUT2D eigenvalue weighted by Crippen LogP contribution is -2.23. The van der Waals surface area contributed by atoms with Crippen molar-refractivity contribution in [2.24, 2.45) is 0 Å². The van der Waals surface area contributed by atoms with Crippen molar-refractivity contribution in [3.63, 3.8) is 0 Å². The van der Waals surface area contributed by atoms with Crippen LogP contribution in [-0.4, -0.2) is 23.1 Å². The van der Waals surface area contributed by atoms with Gasteiger partial charge in [0.1, 0.15) is 5.75 Å². The van der Waals surface area contributed by atoms with Gasteiger partial charge in [0.2, 0.25) is 0 Å². The van der Waals surface area contributed by atoms with E-state index in [2.05, 4.69) is 41.3 Å². The number of aromatic nitrogens is 2. The third-order valence-electron chi connectivity index (χ3n) is 3.27. The van der Waals surface area contributed by atoms with E-state index in [4.69, 9.17) is 4.74 Å². The van der Waals surface area contributed by atoms with Crippen LogP contribution in [0, 0.1) is 0 Å². The summed E-state index contributed by atoms with van der Waals surface area (Å²) in [6, 6.07) is 8.28. The topological polar surface area (TPSA) is 47.0 Å². The van der Waals surface area contributed by atoms with E-state index in [0.717, 1.165) is 37.4 Å². The molecule has 1 N–H and O–H groups in total. The molecular weight excluding hydrogens is 262 g/mol. The number of rotatable bonds is 8. The molecule has 0 aliphatic rings. The van der Waals surface area contributed by atoms with Gasteiger partial charge in [-0.25, -0.2) is 0 Å². The van der Waals surface area contributed by atoms with E-state index in [1.807, 2.05) is 12.1 Å². The van der Waals surface area contributed by atoms with Gasteiger partial charge in [0.25, 0.3) is 0 Å². The van der Waals surface area contributed by atoms with Gasteiger partial charge in [0.15, 0.2) is 0 Å². The standard InChI is InChI=1S/C17H23N3O/c1-3-5-12-21-15-8-6-14(7-9-15)17(19-4-2)16-13-18-10-11-20-16/h6-11,13,17,19H,3-5,12H2,1-2H3. The molecule has 112 valence electrons. The third-order valence-corrected chi connectivity index (χ3v) is 3.27. The predicted octanol–water partition coefficient (Wildman–Crippen LogP) is 3.35. The lowest BCUT2D eigenvalue weighted by Gasteiger charge is -2.18. The van der Waals surface area contributed by atoms with Crippen LogP contribution in [0.4, 0.5) is 0 Å². The zero-order chi connectivity index (χ0) is 14.9. The maximum absolute atomic E-state index is 5.70. The summed E-state index contributed by atoms with van der Waals surface area (Å²) in [6.07, 6.45) is 7.45. The van der Waals surface area contributed by atoms with Crippen LogP contribution in [0.3, 0.4) is 0 Å². The largest absolute Gasteiger partial charge is 0.494 e. The average molecular weight is 285 g/mol. The highest BCUT2D eigenvalue weighted by Crippen LogP contribution is 2.22. The van der Waals surface area contributed by atoms with Crippen LogP contribution in [0.25, 0.3) is 0 Å². The Balaban J connectivity index is 2.10. The van der Waals surface area contributed by atoms with E-state index >= 15 is 0 Å². The van der Waals surface area contributed by atoms with Crippen LogP contribution in [0.2, 0.25) is 0 Å². The first kappa shape index (κ1) is 15.4. The molecule has 0 fully saturated rings. The van der Waals surface area contributed by atoms with Gasteiger partial charge in [-0.1, -0.05) is 32.4 Å². The molecule has 0 aliphatic heterocycles. The first-order valence-corrected chi connectivity index (χ1v) is 7.57. The molecule has 1 unspecified atom stereocenters. The molecular formula is C17H23N3O. The summed E-state index contributed by atoms with van der Waals surface area (Å²) in [5.74, 6) is 0.918. The van der Waals surface area contributed by atoms with Gasteiger partial charge in [-0.2, -0.15) is 0 Å². The van der Waals surface area contributed by atoms with Gasteiger partial charge >= 0.3 is 0 Å². The molecule has 0 saturated carbocycles. The van der Waals surface area contributed by atoms with E-state index in [1.54, 1.807) is 18.6 Å². The molecule has 1 heterocycles. The van der Waals surface area contributed by atoms with E-state index in [9.17, 15) is 0 Å². The molecule has 0 aliphatic carbocycles. The SMILES string of the molecule is CCCCOc1ccc(C(NCC)c2cnccn2)cc1. The van der Waals surface area contributed by atoms with Crippen molar-refractivity contribution in [3.8, 4) is 5.75 Å². The van der Waals surface area contributed by atoms with Gasteiger partial charge in [-0.15, -0.1) is 0 Å². The minimum atomic E-state index is 0.0633. The van der Waals surface area contributed by atoms with E-state index in [0.29, 0.717) is 0 Å². The molecule has 1 aromatic heterocycles. The summed E-state index contributed by atoms with van der Waals surface area (Å²) >= 11 is 0. The molecule has 1 aromatic carbocycles. The maximum Gasteiger partial charge on any atom is 0.119 e. The number of hydrogen-bond donors (Lipinski definition) is 1. The minimum Gasteiger partial charge on any atom is -0.494 e. The van der Waals surface area contributed by atoms with Crippen molar-refractivity contribution in [3.05, 3.63) is 54.1 Å². The molecule has 21 heavy (non-hydrogen) atoms. The Morgan fingerprint density at radius 2 is 1.95 bits per heavy atom. The van der Waals surface area contributed by atoms with Crippen molar-refractivity contribution in [2.75, 3.05) is 13.2 Å². The second kappa shape index (κ2) is 8.37. The molecule has 0 bridgehead atoms. The first-order valence-electron chi connectivity index (χ1n) is 7.57. The van der Waals surface area contributed by atoms with Gasteiger partial charge in [-0.3, -0.25) is 9.97 Å². The van der Waals surface area contributed by atoms with Crippen LogP contribution < -0.4 is 10.1 Å². The summed E-state index contributed by atoms with van der Waals surface area (Å²) in [4.78, 5) is 8.55. The van der Waals surface area contributed by atoms with Gasteiger partial charge in [0, 0.05) is 12.4 Å². The molecule has 4 nitrogen and oxygen atoms in total. The first-order chi connectivity index (χ1) is 10.3.